The normalized spacial score (nSPS) is 20.1. The Kier molecular flexibility index (Phi) is 5.65. The van der Waals surface area contributed by atoms with E-state index in [1.54, 1.807) is 0 Å². The molecule has 0 heterocycles. The van der Waals surface area contributed by atoms with Gasteiger partial charge in [0.25, 0.3) is 0 Å². The van der Waals surface area contributed by atoms with E-state index in [0.717, 1.165) is 12.3 Å². The monoisotopic (exact) mass is 215 g/mol. The van der Waals surface area contributed by atoms with Crippen LogP contribution in [0.5, 0.6) is 0 Å². The number of aliphatic carboxylic acids is 1. The molecule has 0 saturated heterocycles. The molecule has 88 valence electrons. The molecule has 0 aromatic carbocycles. The quantitative estimate of drug-likeness (QED) is 0.618. The lowest BCUT2D eigenvalue weighted by Crippen LogP contribution is -2.40. The molecule has 1 aliphatic carbocycles. The van der Waals surface area contributed by atoms with Crippen molar-refractivity contribution in [2.75, 3.05) is 13.2 Å². The second-order valence-corrected chi connectivity index (χ2v) is 4.32. The molecule has 0 aliphatic heterocycles. The molecule has 4 nitrogen and oxygen atoms in total. The number of carboxylic acid groups (broad SMARTS) is 1. The fourth-order valence-electron chi connectivity index (χ4n) is 2.17. The van der Waals surface area contributed by atoms with Gasteiger partial charge < -0.3 is 15.5 Å². The molecule has 1 fully saturated rings. The fourth-order valence-corrected chi connectivity index (χ4v) is 2.17. The van der Waals surface area contributed by atoms with E-state index in [9.17, 15) is 4.79 Å². The summed E-state index contributed by atoms with van der Waals surface area (Å²) in [7, 11) is 0. The zero-order valence-electron chi connectivity index (χ0n) is 9.11. The minimum absolute atomic E-state index is 0.333. The molecular weight excluding hydrogens is 194 g/mol. The molecule has 4 heteroatoms. The minimum Gasteiger partial charge on any atom is -0.480 e. The summed E-state index contributed by atoms with van der Waals surface area (Å²) in [5.74, 6) is -0.222. The van der Waals surface area contributed by atoms with Gasteiger partial charge in [-0.1, -0.05) is 32.1 Å². The lowest BCUT2D eigenvalue weighted by atomic mass is 9.87. The first kappa shape index (κ1) is 12.5. The average molecular weight is 215 g/mol. The molecule has 0 spiro atoms. The van der Waals surface area contributed by atoms with Crippen LogP contribution in [0.25, 0.3) is 0 Å². The fraction of sp³-hybridized carbons (Fsp3) is 0.909. The predicted octanol–water partition coefficient (Wildman–Crippen LogP) is 0.992. The van der Waals surface area contributed by atoms with E-state index < -0.39 is 12.0 Å². The highest BCUT2D eigenvalue weighted by Gasteiger charge is 2.17. The van der Waals surface area contributed by atoms with E-state index in [1.807, 2.05) is 0 Å². The Labute approximate surface area is 90.7 Å². The Morgan fingerprint density at radius 1 is 1.33 bits per heavy atom. The van der Waals surface area contributed by atoms with E-state index >= 15 is 0 Å². The van der Waals surface area contributed by atoms with Crippen LogP contribution in [-0.2, 0) is 4.79 Å². The third kappa shape index (κ3) is 4.62. The second-order valence-electron chi connectivity index (χ2n) is 4.32. The van der Waals surface area contributed by atoms with Crippen molar-refractivity contribution in [2.45, 2.75) is 44.6 Å². The summed E-state index contributed by atoms with van der Waals surface area (Å²) in [4.78, 5) is 10.6. The number of aliphatic hydroxyl groups is 1. The van der Waals surface area contributed by atoms with Crippen LogP contribution in [0.3, 0.4) is 0 Å². The molecular formula is C11H21NO3. The number of nitrogens with one attached hydrogen (secondary N) is 1. The van der Waals surface area contributed by atoms with Gasteiger partial charge in [-0.25, -0.2) is 0 Å². The Hall–Kier alpha value is -0.610. The molecule has 3 N–H and O–H groups in total. The van der Waals surface area contributed by atoms with Crippen molar-refractivity contribution in [3.8, 4) is 0 Å². The third-order valence-corrected chi connectivity index (χ3v) is 3.15. The molecule has 1 saturated carbocycles. The molecule has 15 heavy (non-hydrogen) atoms. The van der Waals surface area contributed by atoms with E-state index in [-0.39, 0.29) is 6.61 Å². The summed E-state index contributed by atoms with van der Waals surface area (Å²) in [6.07, 6.45) is 7.55. The zero-order chi connectivity index (χ0) is 11.1. The van der Waals surface area contributed by atoms with Gasteiger partial charge in [-0.2, -0.15) is 0 Å². The first-order chi connectivity index (χ1) is 7.24. The van der Waals surface area contributed by atoms with Gasteiger partial charge in [-0.05, 0) is 18.9 Å². The van der Waals surface area contributed by atoms with Gasteiger partial charge in [0.2, 0.25) is 0 Å². The summed E-state index contributed by atoms with van der Waals surface area (Å²) in [6, 6.07) is -0.798. The average Bonchev–Trinajstić information content (AvgIpc) is 2.25. The maximum atomic E-state index is 10.6. The van der Waals surface area contributed by atoms with Crippen LogP contribution in [0.4, 0.5) is 0 Å². The van der Waals surface area contributed by atoms with Gasteiger partial charge in [0.1, 0.15) is 6.04 Å². The van der Waals surface area contributed by atoms with Crippen LogP contribution in [-0.4, -0.2) is 35.4 Å². The smallest absolute Gasteiger partial charge is 0.323 e. The maximum absolute atomic E-state index is 10.6. The molecule has 0 radical (unpaired) electrons. The van der Waals surface area contributed by atoms with Crippen LogP contribution in [0.15, 0.2) is 0 Å². The lowest BCUT2D eigenvalue weighted by molar-refractivity contribution is -0.140. The van der Waals surface area contributed by atoms with Gasteiger partial charge >= 0.3 is 5.97 Å². The zero-order valence-corrected chi connectivity index (χ0v) is 9.11. The van der Waals surface area contributed by atoms with Crippen molar-refractivity contribution in [3.63, 3.8) is 0 Å². The first-order valence-electron chi connectivity index (χ1n) is 5.81. The number of hydrogen-bond acceptors (Lipinski definition) is 3. The maximum Gasteiger partial charge on any atom is 0.323 e. The second kappa shape index (κ2) is 6.80. The largest absolute Gasteiger partial charge is 0.480 e. The highest BCUT2D eigenvalue weighted by molar-refractivity contribution is 5.73. The van der Waals surface area contributed by atoms with Crippen LogP contribution >= 0.6 is 0 Å². The van der Waals surface area contributed by atoms with Crippen LogP contribution < -0.4 is 5.32 Å². The number of aliphatic hydroxyl groups excluding tert-OH is 1. The van der Waals surface area contributed by atoms with Gasteiger partial charge in [-0.3, -0.25) is 4.79 Å². The van der Waals surface area contributed by atoms with Crippen molar-refractivity contribution >= 4 is 5.97 Å². The van der Waals surface area contributed by atoms with Crippen molar-refractivity contribution in [3.05, 3.63) is 0 Å². The number of carbonyl (C=O) groups is 1. The molecule has 1 rings (SSSR count). The van der Waals surface area contributed by atoms with Gasteiger partial charge in [0.15, 0.2) is 0 Å². The van der Waals surface area contributed by atoms with Gasteiger partial charge in [0.05, 0.1) is 6.61 Å². The summed E-state index contributed by atoms with van der Waals surface area (Å²) in [5, 5.41) is 20.3. The molecule has 0 unspecified atom stereocenters. The van der Waals surface area contributed by atoms with E-state index in [0.29, 0.717) is 6.54 Å². The summed E-state index contributed by atoms with van der Waals surface area (Å²) in [6.45, 7) is 0.363. The number of hydrogen-bond donors (Lipinski definition) is 3. The Morgan fingerprint density at radius 2 is 2.00 bits per heavy atom. The van der Waals surface area contributed by atoms with E-state index in [2.05, 4.69) is 5.32 Å². The Balaban J connectivity index is 2.11. The topological polar surface area (TPSA) is 69.6 Å². The lowest BCUT2D eigenvalue weighted by Gasteiger charge is -2.22. The Morgan fingerprint density at radius 3 is 2.53 bits per heavy atom. The molecule has 0 aromatic heterocycles. The van der Waals surface area contributed by atoms with Crippen LogP contribution in [0.1, 0.15) is 38.5 Å². The van der Waals surface area contributed by atoms with E-state index in [4.69, 9.17) is 10.2 Å². The first-order valence-corrected chi connectivity index (χ1v) is 5.81. The standard InChI is InChI=1S/C11H21NO3/c13-8-10(11(14)15)12-7-6-9-4-2-1-3-5-9/h9-10,12-13H,1-8H2,(H,14,15)/t10-/m1/s1. The molecule has 0 amide bonds. The van der Waals surface area contributed by atoms with Crippen LogP contribution in [0, 0.1) is 5.92 Å². The third-order valence-electron chi connectivity index (χ3n) is 3.15. The molecule has 1 aliphatic rings. The molecule has 0 aromatic rings. The summed E-state index contributed by atoms with van der Waals surface area (Å²) in [5.41, 5.74) is 0. The van der Waals surface area contributed by atoms with Gasteiger partial charge in [0, 0.05) is 0 Å². The van der Waals surface area contributed by atoms with E-state index in [1.165, 1.54) is 32.1 Å². The van der Waals surface area contributed by atoms with Crippen molar-refractivity contribution in [1.29, 1.82) is 0 Å². The molecule has 1 atom stereocenters. The SMILES string of the molecule is O=C(O)[C@@H](CO)NCCC1CCCCC1. The molecule has 0 bridgehead atoms. The predicted molar refractivity (Wildman–Crippen MR) is 57.7 cm³/mol. The van der Waals surface area contributed by atoms with Crippen LogP contribution in [0.2, 0.25) is 0 Å². The van der Waals surface area contributed by atoms with Gasteiger partial charge in [-0.15, -0.1) is 0 Å². The summed E-state index contributed by atoms with van der Waals surface area (Å²) < 4.78 is 0. The number of carboxylic acids is 1. The highest BCUT2D eigenvalue weighted by Crippen LogP contribution is 2.25. The van der Waals surface area contributed by atoms with Crippen molar-refractivity contribution in [2.24, 2.45) is 5.92 Å². The number of rotatable bonds is 6. The minimum atomic E-state index is -0.971. The van der Waals surface area contributed by atoms with Crippen molar-refractivity contribution < 1.29 is 15.0 Å². The highest BCUT2D eigenvalue weighted by atomic mass is 16.4. The Bertz CT molecular complexity index is 190. The summed E-state index contributed by atoms with van der Waals surface area (Å²) >= 11 is 0. The van der Waals surface area contributed by atoms with Crippen molar-refractivity contribution in [1.82, 2.24) is 5.32 Å².